The van der Waals surface area contributed by atoms with Crippen LogP contribution in [0.1, 0.15) is 21.6 Å². The first-order valence-electron chi connectivity index (χ1n) is 11.5. The number of aromatic nitrogens is 1. The van der Waals surface area contributed by atoms with E-state index in [4.69, 9.17) is 4.74 Å². The number of H-pyrrole nitrogens is 1. The summed E-state index contributed by atoms with van der Waals surface area (Å²) in [4.78, 5) is 18.3. The number of sulfone groups is 1. The van der Waals surface area contributed by atoms with Gasteiger partial charge in [-0.1, -0.05) is 29.8 Å². The highest BCUT2D eigenvalue weighted by atomic mass is 32.2. The SMILES string of the molecule is Cc1ccc2[nH]c(C(=O)NCc3ccc(S(=O)(=O)c4cccc(N5CCOCC5)c4)cc3)cc2c1. The monoisotopic (exact) mass is 489 g/mol. The molecule has 1 amide bonds. The number of aromatic amines is 1. The van der Waals surface area contributed by atoms with Gasteiger partial charge in [-0.15, -0.1) is 0 Å². The minimum atomic E-state index is -3.66. The van der Waals surface area contributed by atoms with Gasteiger partial charge in [0.2, 0.25) is 9.84 Å². The Balaban J connectivity index is 1.27. The lowest BCUT2D eigenvalue weighted by Crippen LogP contribution is -2.36. The molecule has 2 N–H and O–H groups in total. The Morgan fingerprint density at radius 2 is 1.74 bits per heavy atom. The first-order chi connectivity index (χ1) is 16.9. The van der Waals surface area contributed by atoms with Gasteiger partial charge in [0, 0.05) is 36.2 Å². The van der Waals surface area contributed by atoms with Crippen molar-refractivity contribution in [2.45, 2.75) is 23.3 Å². The van der Waals surface area contributed by atoms with Crippen molar-refractivity contribution in [2.24, 2.45) is 0 Å². The first kappa shape index (κ1) is 23.1. The maximum absolute atomic E-state index is 13.2. The second-order valence-electron chi connectivity index (χ2n) is 8.70. The molecule has 0 saturated carbocycles. The average molecular weight is 490 g/mol. The van der Waals surface area contributed by atoms with Crippen LogP contribution >= 0.6 is 0 Å². The van der Waals surface area contributed by atoms with Crippen LogP contribution in [0.4, 0.5) is 5.69 Å². The molecule has 1 aliphatic rings. The van der Waals surface area contributed by atoms with Crippen molar-refractivity contribution >= 4 is 32.3 Å². The summed E-state index contributed by atoms with van der Waals surface area (Å²) in [7, 11) is -3.66. The molecular weight excluding hydrogens is 462 g/mol. The summed E-state index contributed by atoms with van der Waals surface area (Å²) < 4.78 is 31.8. The van der Waals surface area contributed by atoms with E-state index in [1.54, 1.807) is 42.5 Å². The third-order valence-corrected chi connectivity index (χ3v) is 7.98. The van der Waals surface area contributed by atoms with E-state index in [0.29, 0.717) is 25.5 Å². The number of nitrogens with zero attached hydrogens (tertiary/aromatic N) is 1. The number of benzene rings is 3. The number of aryl methyl sites for hydroxylation is 1. The highest BCUT2D eigenvalue weighted by Crippen LogP contribution is 2.26. The summed E-state index contributed by atoms with van der Waals surface area (Å²) in [5.74, 6) is -0.213. The van der Waals surface area contributed by atoms with Crippen LogP contribution in [0, 0.1) is 6.92 Å². The van der Waals surface area contributed by atoms with E-state index in [2.05, 4.69) is 15.2 Å². The van der Waals surface area contributed by atoms with Gasteiger partial charge in [-0.25, -0.2) is 8.42 Å². The molecule has 180 valence electrons. The maximum atomic E-state index is 13.2. The molecule has 0 atom stereocenters. The van der Waals surface area contributed by atoms with Crippen LogP contribution in [0.15, 0.2) is 82.6 Å². The van der Waals surface area contributed by atoms with Crippen molar-refractivity contribution in [2.75, 3.05) is 31.2 Å². The number of carbonyl (C=O) groups excluding carboxylic acids is 1. The first-order valence-corrected chi connectivity index (χ1v) is 13.0. The highest BCUT2D eigenvalue weighted by Gasteiger charge is 2.20. The van der Waals surface area contributed by atoms with Gasteiger partial charge in [0.05, 0.1) is 23.0 Å². The molecule has 0 unspecified atom stereocenters. The topological polar surface area (TPSA) is 91.5 Å². The highest BCUT2D eigenvalue weighted by molar-refractivity contribution is 7.91. The molecule has 2 heterocycles. The summed E-state index contributed by atoms with van der Waals surface area (Å²) in [5.41, 5.74) is 4.22. The number of hydrogen-bond donors (Lipinski definition) is 2. The predicted octanol–water partition coefficient (Wildman–Crippen LogP) is 4.08. The molecule has 1 fully saturated rings. The summed E-state index contributed by atoms with van der Waals surface area (Å²) in [5, 5.41) is 3.88. The Hall–Kier alpha value is -3.62. The van der Waals surface area contributed by atoms with Gasteiger partial charge in [0.1, 0.15) is 5.69 Å². The Morgan fingerprint density at radius 3 is 2.51 bits per heavy atom. The number of rotatable bonds is 6. The molecule has 5 rings (SSSR count). The summed E-state index contributed by atoms with van der Waals surface area (Å²) >= 11 is 0. The number of anilines is 1. The fourth-order valence-corrected chi connectivity index (χ4v) is 5.54. The van der Waals surface area contributed by atoms with E-state index in [9.17, 15) is 13.2 Å². The normalized spacial score (nSPS) is 14.3. The lowest BCUT2D eigenvalue weighted by Gasteiger charge is -2.29. The fraction of sp³-hybridized carbons (Fsp3) is 0.222. The van der Waals surface area contributed by atoms with Crippen LogP contribution in [-0.2, 0) is 21.1 Å². The Morgan fingerprint density at radius 1 is 0.971 bits per heavy atom. The maximum Gasteiger partial charge on any atom is 0.267 e. The molecular formula is C27H27N3O4S. The smallest absolute Gasteiger partial charge is 0.267 e. The molecule has 0 bridgehead atoms. The fourth-order valence-electron chi connectivity index (χ4n) is 4.24. The standard InChI is InChI=1S/C27H27N3O4S/c1-19-5-10-25-21(15-19)16-26(29-25)27(31)28-18-20-6-8-23(9-7-20)35(32,33)24-4-2-3-22(17-24)30-11-13-34-14-12-30/h2-10,15-17,29H,11-14,18H2,1H3,(H,28,31). The quantitative estimate of drug-likeness (QED) is 0.426. The van der Waals surface area contributed by atoms with Crippen LogP contribution in [-0.4, -0.2) is 45.6 Å². The molecule has 35 heavy (non-hydrogen) atoms. The molecule has 1 aliphatic heterocycles. The van der Waals surface area contributed by atoms with Gasteiger partial charge in [-0.05, 0) is 61.0 Å². The largest absolute Gasteiger partial charge is 0.378 e. The molecule has 3 aromatic carbocycles. The number of hydrogen-bond acceptors (Lipinski definition) is 5. The van der Waals surface area contributed by atoms with Crippen molar-refractivity contribution in [3.05, 3.63) is 89.6 Å². The Bertz CT molecular complexity index is 1470. The lowest BCUT2D eigenvalue weighted by molar-refractivity contribution is 0.0946. The second-order valence-corrected chi connectivity index (χ2v) is 10.7. The van der Waals surface area contributed by atoms with Crippen molar-refractivity contribution < 1.29 is 17.9 Å². The van der Waals surface area contributed by atoms with E-state index in [-0.39, 0.29) is 15.7 Å². The zero-order chi connectivity index (χ0) is 24.4. The summed E-state index contributed by atoms with van der Waals surface area (Å²) in [6.45, 7) is 5.05. The van der Waals surface area contributed by atoms with Crippen molar-refractivity contribution in [1.29, 1.82) is 0 Å². The number of carbonyl (C=O) groups is 1. The van der Waals surface area contributed by atoms with Gasteiger partial charge >= 0.3 is 0 Å². The second kappa shape index (κ2) is 9.56. The minimum Gasteiger partial charge on any atom is -0.378 e. The van der Waals surface area contributed by atoms with Gasteiger partial charge < -0.3 is 19.9 Å². The zero-order valence-corrected chi connectivity index (χ0v) is 20.3. The van der Waals surface area contributed by atoms with Crippen LogP contribution < -0.4 is 10.2 Å². The van der Waals surface area contributed by atoms with Crippen LogP contribution in [0.3, 0.4) is 0 Å². The summed E-state index contributed by atoms with van der Waals surface area (Å²) in [6, 6.07) is 21.5. The average Bonchev–Trinajstić information content (AvgIpc) is 3.31. The third kappa shape index (κ3) is 4.94. The molecule has 0 radical (unpaired) electrons. The number of fused-ring (bicyclic) bond motifs is 1. The number of nitrogens with one attached hydrogen (secondary N) is 2. The number of ether oxygens (including phenoxy) is 1. The predicted molar refractivity (Wildman–Crippen MR) is 136 cm³/mol. The van der Waals surface area contributed by atoms with Gasteiger partial charge in [-0.2, -0.15) is 0 Å². The van der Waals surface area contributed by atoms with E-state index in [1.165, 1.54) is 0 Å². The minimum absolute atomic E-state index is 0.213. The van der Waals surface area contributed by atoms with Gasteiger partial charge in [-0.3, -0.25) is 4.79 Å². The molecule has 0 aliphatic carbocycles. The van der Waals surface area contributed by atoms with Crippen molar-refractivity contribution in [3.63, 3.8) is 0 Å². The molecule has 1 aromatic heterocycles. The molecule has 8 heteroatoms. The molecule has 4 aromatic rings. The van der Waals surface area contributed by atoms with Crippen LogP contribution in [0.2, 0.25) is 0 Å². The van der Waals surface area contributed by atoms with Crippen molar-refractivity contribution in [1.82, 2.24) is 10.3 Å². The molecule has 7 nitrogen and oxygen atoms in total. The van der Waals surface area contributed by atoms with Crippen LogP contribution in [0.25, 0.3) is 10.9 Å². The van der Waals surface area contributed by atoms with Gasteiger partial charge in [0.15, 0.2) is 0 Å². The van der Waals surface area contributed by atoms with E-state index < -0.39 is 9.84 Å². The lowest BCUT2D eigenvalue weighted by atomic mass is 10.2. The Kier molecular flexibility index (Phi) is 6.32. The van der Waals surface area contributed by atoms with Gasteiger partial charge in [0.25, 0.3) is 5.91 Å². The van der Waals surface area contributed by atoms with E-state index in [0.717, 1.165) is 40.8 Å². The molecule has 0 spiro atoms. The van der Waals surface area contributed by atoms with Crippen LogP contribution in [0.5, 0.6) is 0 Å². The zero-order valence-electron chi connectivity index (χ0n) is 19.5. The number of amides is 1. The number of morpholine rings is 1. The Labute approximate surface area is 204 Å². The van der Waals surface area contributed by atoms with E-state index in [1.807, 2.05) is 37.3 Å². The third-order valence-electron chi connectivity index (χ3n) is 6.21. The molecule has 1 saturated heterocycles. The van der Waals surface area contributed by atoms with E-state index >= 15 is 0 Å². The van der Waals surface area contributed by atoms with Crippen molar-refractivity contribution in [3.8, 4) is 0 Å². The summed E-state index contributed by atoms with van der Waals surface area (Å²) in [6.07, 6.45) is 0.